The van der Waals surface area contributed by atoms with Gasteiger partial charge < -0.3 is 15.5 Å². The van der Waals surface area contributed by atoms with Gasteiger partial charge in [0.15, 0.2) is 5.13 Å². The standard InChI is InChI=1S/C13H24N4OS/c1-6-16(4)13-15-11(14)10(19-13)12(18)17(5)8-7-9(2)3/h9H,6-8,14H2,1-5H3. The second kappa shape index (κ2) is 6.75. The van der Waals surface area contributed by atoms with Gasteiger partial charge in [-0.15, -0.1) is 0 Å². The van der Waals surface area contributed by atoms with Crippen LogP contribution in [-0.4, -0.2) is 43.0 Å². The maximum atomic E-state index is 12.3. The summed E-state index contributed by atoms with van der Waals surface area (Å²) >= 11 is 1.36. The summed E-state index contributed by atoms with van der Waals surface area (Å²) in [5.41, 5.74) is 5.85. The van der Waals surface area contributed by atoms with Gasteiger partial charge in [-0.3, -0.25) is 4.79 Å². The van der Waals surface area contributed by atoms with E-state index in [4.69, 9.17) is 5.73 Å². The molecule has 1 heterocycles. The number of hydrogen-bond donors (Lipinski definition) is 1. The van der Waals surface area contributed by atoms with Crippen molar-refractivity contribution in [3.8, 4) is 0 Å². The van der Waals surface area contributed by atoms with E-state index in [1.807, 2.05) is 25.9 Å². The predicted molar refractivity (Wildman–Crippen MR) is 81.9 cm³/mol. The van der Waals surface area contributed by atoms with Gasteiger partial charge >= 0.3 is 0 Å². The zero-order chi connectivity index (χ0) is 14.6. The van der Waals surface area contributed by atoms with Crippen molar-refractivity contribution in [1.29, 1.82) is 0 Å². The third kappa shape index (κ3) is 4.09. The molecule has 0 saturated carbocycles. The Morgan fingerprint density at radius 2 is 2.05 bits per heavy atom. The normalized spacial score (nSPS) is 10.8. The Labute approximate surface area is 119 Å². The summed E-state index contributed by atoms with van der Waals surface area (Å²) in [5.74, 6) is 0.879. The van der Waals surface area contributed by atoms with Gasteiger partial charge in [0.25, 0.3) is 5.91 Å². The smallest absolute Gasteiger partial charge is 0.267 e. The first-order chi connectivity index (χ1) is 8.86. The van der Waals surface area contributed by atoms with Crippen molar-refractivity contribution >= 4 is 28.2 Å². The maximum absolute atomic E-state index is 12.3. The van der Waals surface area contributed by atoms with Crippen molar-refractivity contribution in [2.45, 2.75) is 27.2 Å². The van der Waals surface area contributed by atoms with Crippen molar-refractivity contribution in [1.82, 2.24) is 9.88 Å². The number of amides is 1. The zero-order valence-electron chi connectivity index (χ0n) is 12.4. The zero-order valence-corrected chi connectivity index (χ0v) is 13.3. The molecule has 0 aliphatic rings. The van der Waals surface area contributed by atoms with Crippen LogP contribution < -0.4 is 10.6 Å². The quantitative estimate of drug-likeness (QED) is 0.870. The van der Waals surface area contributed by atoms with Gasteiger partial charge in [0, 0.05) is 27.2 Å². The summed E-state index contributed by atoms with van der Waals surface area (Å²) < 4.78 is 0. The van der Waals surface area contributed by atoms with E-state index >= 15 is 0 Å². The van der Waals surface area contributed by atoms with Crippen LogP contribution in [0.3, 0.4) is 0 Å². The number of rotatable bonds is 6. The minimum Gasteiger partial charge on any atom is -0.382 e. The highest BCUT2D eigenvalue weighted by atomic mass is 32.1. The first-order valence-electron chi connectivity index (χ1n) is 6.59. The lowest BCUT2D eigenvalue weighted by molar-refractivity contribution is 0.0794. The molecule has 0 aliphatic carbocycles. The number of hydrogen-bond acceptors (Lipinski definition) is 5. The molecule has 1 aromatic heterocycles. The molecule has 0 fully saturated rings. The maximum Gasteiger partial charge on any atom is 0.267 e. The van der Waals surface area contributed by atoms with Gasteiger partial charge in [0.1, 0.15) is 10.7 Å². The number of aromatic nitrogens is 1. The number of carbonyl (C=O) groups excluding carboxylic acids is 1. The van der Waals surface area contributed by atoms with Crippen LogP contribution in [0.1, 0.15) is 36.9 Å². The highest BCUT2D eigenvalue weighted by Gasteiger charge is 2.20. The molecule has 0 atom stereocenters. The molecule has 0 saturated heterocycles. The second-order valence-electron chi connectivity index (χ2n) is 5.13. The first-order valence-corrected chi connectivity index (χ1v) is 7.41. The Bertz CT molecular complexity index is 430. The molecule has 0 aromatic carbocycles. The number of nitrogen functional groups attached to an aromatic ring is 1. The third-order valence-electron chi connectivity index (χ3n) is 3.03. The highest BCUT2D eigenvalue weighted by Crippen LogP contribution is 2.28. The van der Waals surface area contributed by atoms with Gasteiger partial charge in [-0.05, 0) is 19.3 Å². The van der Waals surface area contributed by atoms with Gasteiger partial charge in [-0.25, -0.2) is 4.98 Å². The Morgan fingerprint density at radius 3 is 2.58 bits per heavy atom. The summed E-state index contributed by atoms with van der Waals surface area (Å²) in [7, 11) is 3.75. The monoisotopic (exact) mass is 284 g/mol. The Hall–Kier alpha value is -1.30. The van der Waals surface area contributed by atoms with Crippen LogP contribution in [0.5, 0.6) is 0 Å². The molecular weight excluding hydrogens is 260 g/mol. The number of nitrogens with two attached hydrogens (primary N) is 1. The third-order valence-corrected chi connectivity index (χ3v) is 4.20. The molecule has 0 spiro atoms. The molecule has 1 aromatic rings. The summed E-state index contributed by atoms with van der Waals surface area (Å²) in [4.78, 5) is 20.8. The molecule has 108 valence electrons. The number of thiazole rings is 1. The fourth-order valence-electron chi connectivity index (χ4n) is 1.50. The minimum atomic E-state index is -0.0357. The predicted octanol–water partition coefficient (Wildman–Crippen LogP) is 2.30. The van der Waals surface area contributed by atoms with Crippen molar-refractivity contribution in [3.63, 3.8) is 0 Å². The number of anilines is 2. The molecule has 0 radical (unpaired) electrons. The lowest BCUT2D eigenvalue weighted by atomic mass is 10.1. The van der Waals surface area contributed by atoms with Gasteiger partial charge in [-0.2, -0.15) is 0 Å². The van der Waals surface area contributed by atoms with Gasteiger partial charge in [-0.1, -0.05) is 25.2 Å². The molecule has 6 heteroatoms. The van der Waals surface area contributed by atoms with Crippen LogP contribution in [0.4, 0.5) is 10.9 Å². The van der Waals surface area contributed by atoms with Crippen LogP contribution in [0.15, 0.2) is 0 Å². The number of carbonyl (C=O) groups is 1. The van der Waals surface area contributed by atoms with E-state index in [1.165, 1.54) is 11.3 Å². The topological polar surface area (TPSA) is 62.5 Å². The molecule has 19 heavy (non-hydrogen) atoms. The molecule has 0 aliphatic heterocycles. The molecule has 0 unspecified atom stereocenters. The average molecular weight is 284 g/mol. The molecule has 1 rings (SSSR count). The summed E-state index contributed by atoms with van der Waals surface area (Å²) in [6.07, 6.45) is 0.989. The van der Waals surface area contributed by atoms with E-state index in [0.29, 0.717) is 16.6 Å². The van der Waals surface area contributed by atoms with Crippen LogP contribution >= 0.6 is 11.3 Å². The van der Waals surface area contributed by atoms with Crippen LogP contribution in [-0.2, 0) is 0 Å². The molecule has 0 bridgehead atoms. The lowest BCUT2D eigenvalue weighted by Crippen LogP contribution is -2.28. The van der Waals surface area contributed by atoms with E-state index in [1.54, 1.807) is 4.90 Å². The molecule has 5 nitrogen and oxygen atoms in total. The average Bonchev–Trinajstić information content (AvgIpc) is 2.76. The summed E-state index contributed by atoms with van der Waals surface area (Å²) in [5, 5.41) is 0.792. The second-order valence-corrected chi connectivity index (χ2v) is 6.11. The Morgan fingerprint density at radius 1 is 1.42 bits per heavy atom. The molecular formula is C13H24N4OS. The highest BCUT2D eigenvalue weighted by molar-refractivity contribution is 7.18. The Kier molecular flexibility index (Phi) is 5.60. The van der Waals surface area contributed by atoms with E-state index in [-0.39, 0.29) is 5.91 Å². The fraction of sp³-hybridized carbons (Fsp3) is 0.692. The van der Waals surface area contributed by atoms with Crippen molar-refractivity contribution in [2.75, 3.05) is 37.8 Å². The fourth-order valence-corrected chi connectivity index (χ4v) is 2.50. The van der Waals surface area contributed by atoms with Crippen LogP contribution in [0, 0.1) is 5.92 Å². The Balaban J connectivity index is 2.79. The van der Waals surface area contributed by atoms with Crippen molar-refractivity contribution < 1.29 is 4.79 Å². The van der Waals surface area contributed by atoms with E-state index < -0.39 is 0 Å². The van der Waals surface area contributed by atoms with E-state index in [9.17, 15) is 4.79 Å². The summed E-state index contributed by atoms with van der Waals surface area (Å²) in [6, 6.07) is 0. The van der Waals surface area contributed by atoms with Gasteiger partial charge in [0.05, 0.1) is 0 Å². The first kappa shape index (κ1) is 15.8. The molecule has 2 N–H and O–H groups in total. The van der Waals surface area contributed by atoms with Crippen molar-refractivity contribution in [2.24, 2.45) is 5.92 Å². The SMILES string of the molecule is CCN(C)c1nc(N)c(C(=O)N(C)CCC(C)C)s1. The summed E-state index contributed by atoms with van der Waals surface area (Å²) in [6.45, 7) is 7.91. The van der Waals surface area contributed by atoms with Crippen LogP contribution in [0.2, 0.25) is 0 Å². The van der Waals surface area contributed by atoms with E-state index in [0.717, 1.165) is 24.6 Å². The lowest BCUT2D eigenvalue weighted by Gasteiger charge is -2.17. The van der Waals surface area contributed by atoms with Crippen molar-refractivity contribution in [3.05, 3.63) is 4.88 Å². The van der Waals surface area contributed by atoms with Gasteiger partial charge in [0.2, 0.25) is 0 Å². The minimum absolute atomic E-state index is 0.0357. The largest absolute Gasteiger partial charge is 0.382 e. The van der Waals surface area contributed by atoms with Crippen LogP contribution in [0.25, 0.3) is 0 Å². The number of nitrogens with zero attached hydrogens (tertiary/aromatic N) is 3. The van der Waals surface area contributed by atoms with E-state index in [2.05, 4.69) is 18.8 Å². The molecule has 1 amide bonds.